The summed E-state index contributed by atoms with van der Waals surface area (Å²) in [5, 5.41) is 11.1. The van der Waals surface area contributed by atoms with E-state index in [0.29, 0.717) is 22.5 Å². The molecule has 6 nitrogen and oxygen atoms in total. The van der Waals surface area contributed by atoms with E-state index in [1.807, 2.05) is 42.6 Å². The molecule has 3 heterocycles. The number of para-hydroxylation sites is 1. The second-order valence-electron chi connectivity index (χ2n) is 6.19. The van der Waals surface area contributed by atoms with Gasteiger partial charge in [0.2, 0.25) is 23.2 Å². The van der Waals surface area contributed by atoms with Crippen LogP contribution < -0.4 is 9.64 Å². The van der Waals surface area contributed by atoms with Crippen molar-refractivity contribution < 1.29 is 9.53 Å². The van der Waals surface area contributed by atoms with Crippen molar-refractivity contribution in [3.63, 3.8) is 0 Å². The van der Waals surface area contributed by atoms with Gasteiger partial charge in [0.25, 0.3) is 0 Å². The number of anilines is 1. The number of hydrogen-bond donors (Lipinski definition) is 0. The number of rotatable bonds is 4. The Morgan fingerprint density at radius 1 is 1.36 bits per heavy atom. The van der Waals surface area contributed by atoms with Crippen LogP contribution in [0.15, 0.2) is 53.5 Å². The van der Waals surface area contributed by atoms with Gasteiger partial charge in [0.1, 0.15) is 0 Å². The van der Waals surface area contributed by atoms with E-state index in [1.165, 1.54) is 18.7 Å². The van der Waals surface area contributed by atoms with Crippen LogP contribution in [-0.2, 0) is 4.79 Å². The second kappa shape index (κ2) is 7.73. The third-order valence-corrected chi connectivity index (χ3v) is 6.19. The highest BCUT2D eigenvalue weighted by atomic mass is 32.2. The smallest absolute Gasteiger partial charge is 0.247 e. The minimum absolute atomic E-state index is 0.118. The van der Waals surface area contributed by atoms with Crippen molar-refractivity contribution in [2.24, 2.45) is 0 Å². The molecule has 0 aliphatic carbocycles. The fourth-order valence-corrected chi connectivity index (χ4v) is 4.51. The van der Waals surface area contributed by atoms with Crippen LogP contribution in [0.4, 0.5) is 5.69 Å². The first-order valence-electron chi connectivity index (χ1n) is 8.68. The summed E-state index contributed by atoms with van der Waals surface area (Å²) in [4.78, 5) is 19.9. The van der Waals surface area contributed by atoms with Crippen LogP contribution in [0.3, 0.4) is 0 Å². The summed E-state index contributed by atoms with van der Waals surface area (Å²) in [5.74, 6) is 0.923. The van der Waals surface area contributed by atoms with E-state index < -0.39 is 6.23 Å². The van der Waals surface area contributed by atoms with Gasteiger partial charge in [-0.05, 0) is 30.0 Å². The van der Waals surface area contributed by atoms with E-state index in [9.17, 15) is 4.79 Å². The number of thiophene rings is 1. The lowest BCUT2D eigenvalue weighted by Gasteiger charge is -2.29. The van der Waals surface area contributed by atoms with Crippen molar-refractivity contribution >= 4 is 34.7 Å². The second-order valence-corrected chi connectivity index (χ2v) is 8.13. The van der Waals surface area contributed by atoms with E-state index in [-0.39, 0.29) is 5.91 Å². The average Bonchev–Trinajstić information content (AvgIpc) is 3.05. The normalized spacial score (nSPS) is 15.2. The number of nitrogens with zero attached hydrogens (tertiary/aromatic N) is 4. The predicted molar refractivity (Wildman–Crippen MR) is 112 cm³/mol. The van der Waals surface area contributed by atoms with Gasteiger partial charge in [0.05, 0.1) is 10.6 Å². The van der Waals surface area contributed by atoms with Crippen LogP contribution in [0.5, 0.6) is 5.88 Å². The standard InChI is InChI=1S/C20H18N4O2S2/c1-4-10-28-20-21-18-16(22-23-20)14-7-5-6-8-15(14)24(13(3)25)19(26-18)17-12(2)9-11-27-17/h4-9,11,19H,1,10H2,2-3H3/t19-/m0/s1. The van der Waals surface area contributed by atoms with Gasteiger partial charge in [-0.1, -0.05) is 36.0 Å². The zero-order valence-electron chi connectivity index (χ0n) is 15.5. The molecule has 1 aliphatic rings. The van der Waals surface area contributed by atoms with Crippen LogP contribution >= 0.6 is 23.1 Å². The monoisotopic (exact) mass is 410 g/mol. The van der Waals surface area contributed by atoms with Crippen molar-refractivity contribution in [1.82, 2.24) is 15.2 Å². The summed E-state index contributed by atoms with van der Waals surface area (Å²) in [5.41, 5.74) is 3.09. The molecule has 0 bridgehead atoms. The summed E-state index contributed by atoms with van der Waals surface area (Å²) in [6.45, 7) is 7.27. The Balaban J connectivity index is 1.92. The lowest BCUT2D eigenvalue weighted by Crippen LogP contribution is -2.35. The molecule has 8 heteroatoms. The SMILES string of the molecule is C=CCSc1nnc2c(n1)O[C@@H](c1sccc1C)N(C(C)=O)c1ccccc1-2. The highest BCUT2D eigenvalue weighted by Gasteiger charge is 2.35. The molecular weight excluding hydrogens is 392 g/mol. The topological polar surface area (TPSA) is 68.2 Å². The Morgan fingerprint density at radius 2 is 2.18 bits per heavy atom. The first kappa shape index (κ1) is 18.6. The van der Waals surface area contributed by atoms with E-state index in [1.54, 1.807) is 22.3 Å². The number of aryl methyl sites for hydroxylation is 1. The van der Waals surface area contributed by atoms with Crippen LogP contribution in [0.1, 0.15) is 23.6 Å². The fourth-order valence-electron chi connectivity index (χ4n) is 3.06. The Bertz CT molecular complexity index is 1050. The number of benzene rings is 1. The summed E-state index contributed by atoms with van der Waals surface area (Å²) in [7, 11) is 0. The molecule has 0 N–H and O–H groups in total. The summed E-state index contributed by atoms with van der Waals surface area (Å²) in [6.07, 6.45) is 1.17. The lowest BCUT2D eigenvalue weighted by atomic mass is 10.1. The molecule has 0 spiro atoms. The molecule has 142 valence electrons. The third-order valence-electron chi connectivity index (χ3n) is 4.31. The number of hydrogen-bond acceptors (Lipinski definition) is 7. The highest BCUT2D eigenvalue weighted by molar-refractivity contribution is 7.99. The van der Waals surface area contributed by atoms with Crippen molar-refractivity contribution in [3.05, 3.63) is 58.8 Å². The van der Waals surface area contributed by atoms with Crippen LogP contribution in [0.2, 0.25) is 0 Å². The van der Waals surface area contributed by atoms with Gasteiger partial charge in [-0.3, -0.25) is 9.69 Å². The molecule has 0 unspecified atom stereocenters. The number of thioether (sulfide) groups is 1. The van der Waals surface area contributed by atoms with E-state index in [0.717, 1.165) is 21.7 Å². The Labute approximate surface area is 171 Å². The van der Waals surface area contributed by atoms with Gasteiger partial charge in [-0.2, -0.15) is 4.98 Å². The van der Waals surface area contributed by atoms with Gasteiger partial charge in [-0.15, -0.1) is 28.1 Å². The molecule has 4 rings (SSSR count). The van der Waals surface area contributed by atoms with Gasteiger partial charge >= 0.3 is 0 Å². The van der Waals surface area contributed by atoms with Crippen LogP contribution in [-0.4, -0.2) is 26.8 Å². The zero-order valence-corrected chi connectivity index (χ0v) is 17.1. The maximum Gasteiger partial charge on any atom is 0.247 e. The number of ether oxygens (including phenoxy) is 1. The molecule has 0 fully saturated rings. The van der Waals surface area contributed by atoms with Gasteiger partial charge in [0, 0.05) is 18.2 Å². The first-order chi connectivity index (χ1) is 13.6. The molecule has 1 amide bonds. The van der Waals surface area contributed by atoms with E-state index >= 15 is 0 Å². The van der Waals surface area contributed by atoms with Gasteiger partial charge in [-0.25, -0.2) is 0 Å². The molecule has 3 aromatic rings. The molecular formula is C20H18N4O2S2. The maximum absolute atomic E-state index is 12.7. The minimum atomic E-state index is -0.617. The summed E-state index contributed by atoms with van der Waals surface area (Å²) < 4.78 is 6.32. The number of carbonyl (C=O) groups is 1. The van der Waals surface area contributed by atoms with E-state index in [4.69, 9.17) is 4.74 Å². The van der Waals surface area contributed by atoms with Crippen LogP contribution in [0.25, 0.3) is 11.3 Å². The Morgan fingerprint density at radius 3 is 2.89 bits per heavy atom. The molecule has 1 aromatic carbocycles. The molecule has 0 saturated heterocycles. The van der Waals surface area contributed by atoms with Crippen molar-refractivity contribution in [2.45, 2.75) is 25.2 Å². The number of amides is 1. The third kappa shape index (κ3) is 3.29. The number of carbonyl (C=O) groups excluding carboxylic acids is 1. The van der Waals surface area contributed by atoms with Crippen molar-refractivity contribution in [3.8, 4) is 17.1 Å². The van der Waals surface area contributed by atoms with Gasteiger partial charge < -0.3 is 4.74 Å². The van der Waals surface area contributed by atoms with E-state index in [2.05, 4.69) is 21.8 Å². The largest absolute Gasteiger partial charge is 0.446 e. The Kier molecular flexibility index (Phi) is 5.15. The minimum Gasteiger partial charge on any atom is -0.446 e. The molecule has 0 saturated carbocycles. The molecule has 0 radical (unpaired) electrons. The van der Waals surface area contributed by atoms with Crippen molar-refractivity contribution in [2.75, 3.05) is 10.7 Å². The molecule has 28 heavy (non-hydrogen) atoms. The number of aromatic nitrogens is 3. The molecule has 1 atom stereocenters. The van der Waals surface area contributed by atoms with Crippen molar-refractivity contribution in [1.29, 1.82) is 0 Å². The highest BCUT2D eigenvalue weighted by Crippen LogP contribution is 2.44. The summed E-state index contributed by atoms with van der Waals surface area (Å²) >= 11 is 2.98. The maximum atomic E-state index is 12.7. The predicted octanol–water partition coefficient (Wildman–Crippen LogP) is 4.63. The summed E-state index contributed by atoms with van der Waals surface area (Å²) in [6, 6.07) is 9.62. The molecule has 2 aromatic heterocycles. The average molecular weight is 411 g/mol. The first-order valence-corrected chi connectivity index (χ1v) is 10.5. The van der Waals surface area contributed by atoms with Gasteiger partial charge in [0.15, 0.2) is 5.69 Å². The van der Waals surface area contributed by atoms with Crippen LogP contribution in [0, 0.1) is 6.92 Å². The fraction of sp³-hybridized carbons (Fsp3) is 0.200. The molecule has 1 aliphatic heterocycles. The zero-order chi connectivity index (χ0) is 19.7. The Hall–Kier alpha value is -2.71. The number of fused-ring (bicyclic) bond motifs is 3. The quantitative estimate of drug-likeness (QED) is 0.461. The lowest BCUT2D eigenvalue weighted by molar-refractivity contribution is -0.118.